The fraction of sp³-hybridized carbons (Fsp3) is 0.200. The maximum atomic E-state index is 4.37. The number of aromatic nitrogens is 2. The SMILES string of the molecule is c1cnc2c(n1)SC(=C1SC3=C(SCCS3)S1)S2. The Morgan fingerprint density at radius 2 is 1.17 bits per heavy atom. The molecule has 0 radical (unpaired) electrons. The fourth-order valence-corrected chi connectivity index (χ4v) is 10.1. The summed E-state index contributed by atoms with van der Waals surface area (Å²) in [7, 11) is 0. The van der Waals surface area contributed by atoms with Gasteiger partial charge in [-0.05, 0) is 0 Å². The second kappa shape index (κ2) is 5.21. The summed E-state index contributed by atoms with van der Waals surface area (Å²) in [5.74, 6) is 2.48. The number of thioether (sulfide) groups is 6. The minimum atomic E-state index is 1.05. The van der Waals surface area contributed by atoms with Crippen LogP contribution in [-0.4, -0.2) is 21.5 Å². The lowest BCUT2D eigenvalue weighted by Gasteiger charge is -2.08. The van der Waals surface area contributed by atoms with Crippen molar-refractivity contribution in [3.8, 4) is 0 Å². The Labute approximate surface area is 130 Å². The van der Waals surface area contributed by atoms with Crippen molar-refractivity contribution in [1.29, 1.82) is 0 Å². The first kappa shape index (κ1) is 12.4. The molecule has 0 atom stereocenters. The molecule has 0 saturated carbocycles. The van der Waals surface area contributed by atoms with E-state index < -0.39 is 0 Å². The van der Waals surface area contributed by atoms with Crippen molar-refractivity contribution in [2.24, 2.45) is 0 Å². The van der Waals surface area contributed by atoms with E-state index in [4.69, 9.17) is 0 Å². The van der Waals surface area contributed by atoms with Crippen molar-refractivity contribution in [3.63, 3.8) is 0 Å². The standard InChI is InChI=1S/C10H6N2S6/c1-2-12-6-5(11-1)15-9(16-6)10-17-7-8(18-10)14-4-3-13-7/h1-2H,3-4H2. The lowest BCUT2D eigenvalue weighted by atomic mass is 10.8. The largest absolute Gasteiger partial charge is 0.245 e. The maximum absolute atomic E-state index is 4.37. The van der Waals surface area contributed by atoms with E-state index in [1.54, 1.807) is 35.9 Å². The first-order valence-electron chi connectivity index (χ1n) is 5.17. The van der Waals surface area contributed by atoms with Gasteiger partial charge in [0.25, 0.3) is 0 Å². The number of rotatable bonds is 0. The molecule has 92 valence electrons. The van der Waals surface area contributed by atoms with Gasteiger partial charge in [-0.2, -0.15) is 0 Å². The predicted octanol–water partition coefficient (Wildman–Crippen LogP) is 4.89. The zero-order valence-corrected chi connectivity index (χ0v) is 13.8. The molecule has 0 N–H and O–H groups in total. The van der Waals surface area contributed by atoms with Gasteiger partial charge in [0.15, 0.2) is 0 Å². The zero-order valence-electron chi connectivity index (χ0n) is 8.91. The summed E-state index contributed by atoms with van der Waals surface area (Å²) < 4.78 is 5.76. The van der Waals surface area contributed by atoms with E-state index in [0.29, 0.717) is 0 Å². The molecule has 0 saturated heterocycles. The first-order valence-corrected chi connectivity index (χ1v) is 10.4. The molecule has 1 aromatic heterocycles. The van der Waals surface area contributed by atoms with E-state index in [0.717, 1.165) is 10.1 Å². The molecule has 0 amide bonds. The maximum Gasteiger partial charge on any atom is 0.134 e. The van der Waals surface area contributed by atoms with Crippen molar-refractivity contribution in [2.45, 2.75) is 10.1 Å². The summed E-state index contributed by atoms with van der Waals surface area (Å²) in [5.41, 5.74) is 0. The third kappa shape index (κ3) is 2.25. The van der Waals surface area contributed by atoms with Gasteiger partial charge in [0.05, 0.1) is 16.9 Å². The monoisotopic (exact) mass is 346 g/mol. The molecule has 1 aromatic rings. The van der Waals surface area contributed by atoms with Gasteiger partial charge in [0, 0.05) is 23.9 Å². The Morgan fingerprint density at radius 1 is 0.667 bits per heavy atom. The fourth-order valence-electron chi connectivity index (χ4n) is 1.53. The van der Waals surface area contributed by atoms with Gasteiger partial charge < -0.3 is 0 Å². The van der Waals surface area contributed by atoms with E-state index in [9.17, 15) is 0 Å². The van der Waals surface area contributed by atoms with Crippen LogP contribution in [0.5, 0.6) is 0 Å². The summed E-state index contributed by atoms with van der Waals surface area (Å²) >= 11 is 11.4. The number of hydrogen-bond acceptors (Lipinski definition) is 8. The minimum absolute atomic E-state index is 1.05. The molecule has 0 spiro atoms. The highest BCUT2D eigenvalue weighted by molar-refractivity contribution is 8.42. The van der Waals surface area contributed by atoms with Crippen LogP contribution in [0.2, 0.25) is 0 Å². The van der Waals surface area contributed by atoms with Crippen LogP contribution in [0.25, 0.3) is 0 Å². The van der Waals surface area contributed by atoms with Crippen LogP contribution in [0.1, 0.15) is 0 Å². The number of nitrogens with zero attached hydrogens (tertiary/aromatic N) is 2. The summed E-state index contributed by atoms with van der Waals surface area (Å²) in [6, 6.07) is 0. The molecule has 0 aliphatic carbocycles. The Hall–Kier alpha value is 0.660. The molecule has 18 heavy (non-hydrogen) atoms. The Balaban J connectivity index is 1.62. The van der Waals surface area contributed by atoms with Crippen LogP contribution < -0.4 is 0 Å². The van der Waals surface area contributed by atoms with Crippen molar-refractivity contribution >= 4 is 70.6 Å². The molecule has 4 rings (SSSR count). The molecule has 8 heteroatoms. The van der Waals surface area contributed by atoms with Gasteiger partial charge in [-0.3, -0.25) is 0 Å². The van der Waals surface area contributed by atoms with Crippen LogP contribution in [0.15, 0.2) is 39.4 Å². The van der Waals surface area contributed by atoms with Crippen molar-refractivity contribution in [1.82, 2.24) is 9.97 Å². The van der Waals surface area contributed by atoms with Gasteiger partial charge in [-0.25, -0.2) is 9.97 Å². The summed E-state index contributed by atoms with van der Waals surface area (Å²) in [6.45, 7) is 0. The summed E-state index contributed by atoms with van der Waals surface area (Å²) in [4.78, 5) is 8.75. The molecule has 4 heterocycles. The van der Waals surface area contributed by atoms with Crippen molar-refractivity contribution in [3.05, 3.63) is 29.3 Å². The molecule has 0 fully saturated rings. The highest BCUT2D eigenvalue weighted by Crippen LogP contribution is 2.64. The van der Waals surface area contributed by atoms with Crippen LogP contribution in [0.3, 0.4) is 0 Å². The van der Waals surface area contributed by atoms with E-state index in [2.05, 4.69) is 9.97 Å². The predicted molar refractivity (Wildman–Crippen MR) is 87.9 cm³/mol. The molecule has 0 unspecified atom stereocenters. The summed E-state index contributed by atoms with van der Waals surface area (Å²) in [5, 5.41) is 2.10. The van der Waals surface area contributed by atoms with Crippen LogP contribution in [-0.2, 0) is 0 Å². The highest BCUT2D eigenvalue weighted by atomic mass is 32.3. The summed E-state index contributed by atoms with van der Waals surface area (Å²) in [6.07, 6.45) is 3.54. The number of hydrogen-bond donors (Lipinski definition) is 0. The zero-order chi connectivity index (χ0) is 11.9. The van der Waals surface area contributed by atoms with Crippen molar-refractivity contribution < 1.29 is 0 Å². The van der Waals surface area contributed by atoms with Gasteiger partial charge in [0.2, 0.25) is 0 Å². The second-order valence-corrected chi connectivity index (χ2v) is 10.7. The van der Waals surface area contributed by atoms with E-state index in [1.807, 2.05) is 47.0 Å². The van der Waals surface area contributed by atoms with Crippen LogP contribution in [0.4, 0.5) is 0 Å². The molecule has 0 bridgehead atoms. The molecular formula is C10H6N2S6. The van der Waals surface area contributed by atoms with Crippen LogP contribution >= 0.6 is 70.6 Å². The topological polar surface area (TPSA) is 25.8 Å². The van der Waals surface area contributed by atoms with E-state index in [-0.39, 0.29) is 0 Å². The Morgan fingerprint density at radius 3 is 1.72 bits per heavy atom. The first-order chi connectivity index (χ1) is 8.90. The van der Waals surface area contributed by atoms with E-state index in [1.165, 1.54) is 28.5 Å². The van der Waals surface area contributed by atoms with Gasteiger partial charge in [-0.15, -0.1) is 23.5 Å². The third-order valence-electron chi connectivity index (χ3n) is 2.27. The Kier molecular flexibility index (Phi) is 3.59. The minimum Gasteiger partial charge on any atom is -0.245 e. The van der Waals surface area contributed by atoms with Gasteiger partial charge in [-0.1, -0.05) is 47.0 Å². The molecule has 3 aliphatic rings. The van der Waals surface area contributed by atoms with Crippen molar-refractivity contribution in [2.75, 3.05) is 11.5 Å². The molecule has 3 aliphatic heterocycles. The molecule has 2 nitrogen and oxygen atoms in total. The molecule has 0 aromatic carbocycles. The van der Waals surface area contributed by atoms with E-state index >= 15 is 0 Å². The normalized spacial score (nSPS) is 22.4. The third-order valence-corrected chi connectivity index (χ3v) is 11.0. The lowest BCUT2D eigenvalue weighted by molar-refractivity contribution is 0.930. The smallest absolute Gasteiger partial charge is 0.134 e. The Bertz CT molecular complexity index is 534. The average molecular weight is 347 g/mol. The lowest BCUT2D eigenvalue weighted by Crippen LogP contribution is -1.88. The average Bonchev–Trinajstić information content (AvgIpc) is 3.02. The highest BCUT2D eigenvalue weighted by Gasteiger charge is 2.31. The number of fused-ring (bicyclic) bond motifs is 1. The molecular weight excluding hydrogens is 341 g/mol. The van der Waals surface area contributed by atoms with Crippen LogP contribution in [0, 0.1) is 0 Å². The quantitative estimate of drug-likeness (QED) is 0.655. The van der Waals surface area contributed by atoms with Gasteiger partial charge in [0.1, 0.15) is 10.1 Å². The van der Waals surface area contributed by atoms with Gasteiger partial charge >= 0.3 is 0 Å². The second-order valence-electron chi connectivity index (χ2n) is 3.42.